The number of hydrogen-bond acceptors (Lipinski definition) is 3. The quantitative estimate of drug-likeness (QED) is 0.461. The van der Waals surface area contributed by atoms with Crippen LogP contribution in [0, 0.1) is 5.82 Å². The maximum atomic E-state index is 12.8. The minimum Gasteiger partial charge on any atom is -0.390 e. The van der Waals surface area contributed by atoms with Gasteiger partial charge in [0.1, 0.15) is 5.82 Å². The van der Waals surface area contributed by atoms with Crippen molar-refractivity contribution in [1.82, 2.24) is 0 Å². The third kappa shape index (κ3) is 5.51. The summed E-state index contributed by atoms with van der Waals surface area (Å²) in [4.78, 5) is 12.1. The van der Waals surface area contributed by atoms with Gasteiger partial charge in [0, 0.05) is 17.8 Å². The molecule has 2 N–H and O–H groups in total. The fourth-order valence-electron chi connectivity index (χ4n) is 1.88. The van der Waals surface area contributed by atoms with Crippen LogP contribution in [0.4, 0.5) is 10.1 Å². The van der Waals surface area contributed by atoms with E-state index in [1.807, 2.05) is 0 Å². The zero-order valence-electron chi connectivity index (χ0n) is 12.4. The molecule has 2 aromatic rings. The van der Waals surface area contributed by atoms with E-state index in [0.29, 0.717) is 12.1 Å². The maximum absolute atomic E-state index is 12.8. The third-order valence-electron chi connectivity index (χ3n) is 3.19. The second-order valence-corrected chi connectivity index (χ2v) is 5.32. The number of anilines is 1. The van der Waals surface area contributed by atoms with E-state index >= 15 is 0 Å². The Hall–Kier alpha value is -2.17. The standard InChI is InChI=1S/C18H17ClFNO2/c19-11-17(22)12-21-16-8-4-14(5-9-16)18(23)10-3-13-1-6-15(20)7-2-13/h1-10,17,21-22H,11-12H2. The Morgan fingerprint density at radius 1 is 1.17 bits per heavy atom. The molecule has 0 saturated carbocycles. The van der Waals surface area contributed by atoms with Gasteiger partial charge in [-0.2, -0.15) is 0 Å². The molecule has 1 unspecified atom stereocenters. The lowest BCUT2D eigenvalue weighted by atomic mass is 10.1. The molecule has 0 aliphatic rings. The number of ketones is 1. The van der Waals surface area contributed by atoms with Crippen molar-refractivity contribution in [1.29, 1.82) is 0 Å². The second kappa shape index (κ2) is 8.46. The van der Waals surface area contributed by atoms with Crippen molar-refractivity contribution in [2.75, 3.05) is 17.7 Å². The Balaban J connectivity index is 1.95. The molecule has 0 bridgehead atoms. The Morgan fingerprint density at radius 3 is 2.43 bits per heavy atom. The molecule has 0 fully saturated rings. The smallest absolute Gasteiger partial charge is 0.185 e. The van der Waals surface area contributed by atoms with Gasteiger partial charge in [0.15, 0.2) is 5.78 Å². The van der Waals surface area contributed by atoms with Crippen LogP contribution in [0.3, 0.4) is 0 Å². The number of alkyl halides is 1. The number of benzene rings is 2. The highest BCUT2D eigenvalue weighted by atomic mass is 35.5. The molecular formula is C18H17ClFNO2. The highest BCUT2D eigenvalue weighted by molar-refractivity contribution is 6.18. The Bertz CT molecular complexity index is 668. The number of nitrogens with one attached hydrogen (secondary N) is 1. The maximum Gasteiger partial charge on any atom is 0.185 e. The molecule has 0 heterocycles. The number of aliphatic hydroxyl groups is 1. The van der Waals surface area contributed by atoms with Gasteiger partial charge >= 0.3 is 0 Å². The summed E-state index contributed by atoms with van der Waals surface area (Å²) in [7, 11) is 0. The molecule has 2 aromatic carbocycles. The van der Waals surface area contributed by atoms with Crippen molar-refractivity contribution in [3.63, 3.8) is 0 Å². The molecule has 0 aliphatic heterocycles. The van der Waals surface area contributed by atoms with Crippen molar-refractivity contribution in [3.05, 3.63) is 71.6 Å². The summed E-state index contributed by atoms with van der Waals surface area (Å²) in [5, 5.41) is 12.4. The van der Waals surface area contributed by atoms with Crippen LogP contribution in [0.2, 0.25) is 0 Å². The minimum absolute atomic E-state index is 0.137. The van der Waals surface area contributed by atoms with E-state index in [2.05, 4.69) is 5.32 Å². The lowest BCUT2D eigenvalue weighted by molar-refractivity contribution is 0.104. The molecule has 3 nitrogen and oxygen atoms in total. The summed E-state index contributed by atoms with van der Waals surface area (Å²) in [5.74, 6) is -0.282. The summed E-state index contributed by atoms with van der Waals surface area (Å²) in [6.45, 7) is 0.348. The topological polar surface area (TPSA) is 49.3 Å². The van der Waals surface area contributed by atoms with E-state index in [4.69, 9.17) is 11.6 Å². The summed E-state index contributed by atoms with van der Waals surface area (Å²) in [5.41, 5.74) is 2.10. The lowest BCUT2D eigenvalue weighted by Gasteiger charge is -2.10. The first-order valence-electron chi connectivity index (χ1n) is 7.14. The van der Waals surface area contributed by atoms with Gasteiger partial charge < -0.3 is 10.4 Å². The van der Waals surface area contributed by atoms with Crippen molar-refractivity contribution in [3.8, 4) is 0 Å². The molecule has 23 heavy (non-hydrogen) atoms. The second-order valence-electron chi connectivity index (χ2n) is 5.02. The number of hydrogen-bond donors (Lipinski definition) is 2. The average molecular weight is 334 g/mol. The molecule has 5 heteroatoms. The van der Waals surface area contributed by atoms with Crippen LogP contribution >= 0.6 is 11.6 Å². The fraction of sp³-hybridized carbons (Fsp3) is 0.167. The van der Waals surface area contributed by atoms with Gasteiger partial charge in [0.2, 0.25) is 0 Å². The molecule has 0 aliphatic carbocycles. The zero-order valence-corrected chi connectivity index (χ0v) is 13.1. The molecule has 0 aromatic heterocycles. The van der Waals surface area contributed by atoms with E-state index in [9.17, 15) is 14.3 Å². The first-order valence-corrected chi connectivity index (χ1v) is 7.68. The Labute approximate surface area is 139 Å². The van der Waals surface area contributed by atoms with E-state index in [0.717, 1.165) is 11.3 Å². The fourth-order valence-corrected chi connectivity index (χ4v) is 1.99. The number of carbonyl (C=O) groups excluding carboxylic acids is 1. The number of carbonyl (C=O) groups is 1. The van der Waals surface area contributed by atoms with E-state index in [-0.39, 0.29) is 17.5 Å². The van der Waals surface area contributed by atoms with Gasteiger partial charge in [-0.15, -0.1) is 11.6 Å². The van der Waals surface area contributed by atoms with Crippen molar-refractivity contribution in [2.24, 2.45) is 0 Å². The van der Waals surface area contributed by atoms with E-state index < -0.39 is 6.10 Å². The van der Waals surface area contributed by atoms with Gasteiger partial charge in [0.25, 0.3) is 0 Å². The number of halogens is 2. The predicted octanol–water partition coefficient (Wildman–Crippen LogP) is 3.73. The monoisotopic (exact) mass is 333 g/mol. The van der Waals surface area contributed by atoms with Crippen LogP contribution in [0.15, 0.2) is 54.6 Å². The molecule has 0 saturated heterocycles. The largest absolute Gasteiger partial charge is 0.390 e. The Kier molecular flexibility index (Phi) is 6.32. The van der Waals surface area contributed by atoms with Crippen molar-refractivity contribution < 1.29 is 14.3 Å². The Morgan fingerprint density at radius 2 is 1.83 bits per heavy atom. The van der Waals surface area contributed by atoms with Gasteiger partial charge in [-0.1, -0.05) is 18.2 Å². The SMILES string of the molecule is O=C(C=Cc1ccc(F)cc1)c1ccc(NCC(O)CCl)cc1. The van der Waals surface area contributed by atoms with Crippen molar-refractivity contribution in [2.45, 2.75) is 6.10 Å². The highest BCUT2D eigenvalue weighted by Crippen LogP contribution is 2.12. The van der Waals surface area contributed by atoms with E-state index in [1.165, 1.54) is 18.2 Å². The van der Waals surface area contributed by atoms with Gasteiger partial charge in [-0.05, 0) is 48.0 Å². The lowest BCUT2D eigenvalue weighted by Crippen LogP contribution is -2.20. The zero-order chi connectivity index (χ0) is 16.7. The van der Waals surface area contributed by atoms with Crippen LogP contribution in [-0.2, 0) is 0 Å². The summed E-state index contributed by atoms with van der Waals surface area (Å²) < 4.78 is 12.8. The van der Waals surface area contributed by atoms with Crippen LogP contribution in [0.1, 0.15) is 15.9 Å². The molecule has 1 atom stereocenters. The van der Waals surface area contributed by atoms with Gasteiger partial charge in [-0.25, -0.2) is 4.39 Å². The summed E-state index contributed by atoms with van der Waals surface area (Å²) >= 11 is 5.52. The molecule has 0 amide bonds. The molecule has 120 valence electrons. The number of aliphatic hydroxyl groups excluding tert-OH is 1. The third-order valence-corrected chi connectivity index (χ3v) is 3.54. The molecule has 0 radical (unpaired) electrons. The number of rotatable bonds is 7. The highest BCUT2D eigenvalue weighted by Gasteiger charge is 2.04. The average Bonchev–Trinajstić information content (AvgIpc) is 2.59. The van der Waals surface area contributed by atoms with Crippen LogP contribution < -0.4 is 5.32 Å². The first-order chi connectivity index (χ1) is 11.1. The normalized spacial score (nSPS) is 12.3. The van der Waals surface area contributed by atoms with Crippen LogP contribution in [-0.4, -0.2) is 29.4 Å². The van der Waals surface area contributed by atoms with Gasteiger partial charge in [-0.3, -0.25) is 4.79 Å². The van der Waals surface area contributed by atoms with Gasteiger partial charge in [0.05, 0.1) is 12.0 Å². The van der Waals surface area contributed by atoms with Crippen LogP contribution in [0.25, 0.3) is 6.08 Å². The molecule has 2 rings (SSSR count). The van der Waals surface area contributed by atoms with E-state index in [1.54, 1.807) is 42.5 Å². The van der Waals surface area contributed by atoms with Crippen LogP contribution in [0.5, 0.6) is 0 Å². The first kappa shape index (κ1) is 17.2. The number of allylic oxidation sites excluding steroid dienone is 1. The summed E-state index contributed by atoms with van der Waals surface area (Å²) in [6, 6.07) is 12.8. The predicted molar refractivity (Wildman–Crippen MR) is 91.4 cm³/mol. The minimum atomic E-state index is -0.614. The van der Waals surface area contributed by atoms with Crippen molar-refractivity contribution >= 4 is 29.1 Å². The summed E-state index contributed by atoms with van der Waals surface area (Å²) in [6.07, 6.45) is 2.48. The molecular weight excluding hydrogens is 317 g/mol. The molecule has 0 spiro atoms.